The molecule has 0 aromatic heterocycles. The average molecular weight is 292 g/mol. The molecule has 1 unspecified atom stereocenters. The standard InChI is InChI=1S/C16H24N2O3/c1-20-10-9-18-16(19)7-8-17-15-6-4-12-3-5-13(21-2)11-14(12)15/h3,5,11,15,17H,4,6-10H2,1-2H3,(H,18,19). The molecule has 0 saturated carbocycles. The quantitative estimate of drug-likeness (QED) is 0.712. The van der Waals surface area contributed by atoms with Gasteiger partial charge in [0.1, 0.15) is 5.75 Å². The molecule has 0 aliphatic heterocycles. The van der Waals surface area contributed by atoms with Gasteiger partial charge in [0.05, 0.1) is 13.7 Å². The summed E-state index contributed by atoms with van der Waals surface area (Å²) in [7, 11) is 3.31. The van der Waals surface area contributed by atoms with Crippen molar-refractivity contribution in [2.24, 2.45) is 0 Å². The van der Waals surface area contributed by atoms with Gasteiger partial charge in [0.25, 0.3) is 0 Å². The predicted molar refractivity (Wildman–Crippen MR) is 81.6 cm³/mol. The van der Waals surface area contributed by atoms with E-state index in [2.05, 4.69) is 22.8 Å². The van der Waals surface area contributed by atoms with Crippen molar-refractivity contribution < 1.29 is 14.3 Å². The molecule has 0 heterocycles. The van der Waals surface area contributed by atoms with Crippen LogP contribution in [0.15, 0.2) is 18.2 Å². The number of fused-ring (bicyclic) bond motifs is 1. The highest BCUT2D eigenvalue weighted by Gasteiger charge is 2.22. The van der Waals surface area contributed by atoms with Gasteiger partial charge < -0.3 is 20.1 Å². The molecule has 2 N–H and O–H groups in total. The second kappa shape index (κ2) is 8.00. The molecule has 21 heavy (non-hydrogen) atoms. The fourth-order valence-corrected chi connectivity index (χ4v) is 2.66. The van der Waals surface area contributed by atoms with E-state index in [1.165, 1.54) is 11.1 Å². The number of nitrogens with one attached hydrogen (secondary N) is 2. The second-order valence-electron chi connectivity index (χ2n) is 5.20. The Bertz CT molecular complexity index is 477. The third kappa shape index (κ3) is 4.44. The smallest absolute Gasteiger partial charge is 0.221 e. The van der Waals surface area contributed by atoms with Crippen LogP contribution >= 0.6 is 0 Å². The second-order valence-corrected chi connectivity index (χ2v) is 5.20. The van der Waals surface area contributed by atoms with Gasteiger partial charge in [-0.25, -0.2) is 0 Å². The number of hydrogen-bond donors (Lipinski definition) is 2. The zero-order valence-corrected chi connectivity index (χ0v) is 12.8. The first kappa shape index (κ1) is 15.8. The Balaban J connectivity index is 1.77. The zero-order chi connectivity index (χ0) is 15.1. The Morgan fingerprint density at radius 1 is 1.33 bits per heavy atom. The van der Waals surface area contributed by atoms with Crippen LogP contribution < -0.4 is 15.4 Å². The van der Waals surface area contributed by atoms with Crippen LogP contribution in [0.3, 0.4) is 0 Å². The average Bonchev–Trinajstić information content (AvgIpc) is 2.90. The largest absolute Gasteiger partial charge is 0.497 e. The molecule has 1 aromatic carbocycles. The van der Waals surface area contributed by atoms with Crippen LogP contribution in [-0.4, -0.2) is 39.8 Å². The molecule has 0 spiro atoms. The Hall–Kier alpha value is -1.59. The maximum absolute atomic E-state index is 11.6. The van der Waals surface area contributed by atoms with Crippen molar-refractivity contribution in [1.29, 1.82) is 0 Å². The summed E-state index contributed by atoms with van der Waals surface area (Å²) in [5.74, 6) is 0.947. The lowest BCUT2D eigenvalue weighted by Gasteiger charge is -2.14. The highest BCUT2D eigenvalue weighted by molar-refractivity contribution is 5.76. The highest BCUT2D eigenvalue weighted by Crippen LogP contribution is 2.33. The van der Waals surface area contributed by atoms with E-state index in [1.54, 1.807) is 14.2 Å². The summed E-state index contributed by atoms with van der Waals surface area (Å²) in [4.78, 5) is 11.6. The Morgan fingerprint density at radius 2 is 2.19 bits per heavy atom. The van der Waals surface area contributed by atoms with E-state index < -0.39 is 0 Å². The van der Waals surface area contributed by atoms with Crippen LogP contribution in [0.1, 0.15) is 30.0 Å². The Morgan fingerprint density at radius 3 is 2.95 bits per heavy atom. The van der Waals surface area contributed by atoms with Gasteiger partial charge >= 0.3 is 0 Å². The molecule has 0 radical (unpaired) electrons. The third-order valence-corrected chi connectivity index (χ3v) is 3.80. The molecular weight excluding hydrogens is 268 g/mol. The predicted octanol–water partition coefficient (Wildman–Crippen LogP) is 1.42. The van der Waals surface area contributed by atoms with E-state index in [-0.39, 0.29) is 5.91 Å². The van der Waals surface area contributed by atoms with Gasteiger partial charge in [0.2, 0.25) is 5.91 Å². The zero-order valence-electron chi connectivity index (χ0n) is 12.8. The van der Waals surface area contributed by atoms with Gasteiger partial charge in [-0.2, -0.15) is 0 Å². The van der Waals surface area contributed by atoms with Crippen LogP contribution in [0.5, 0.6) is 5.75 Å². The number of aryl methyl sites for hydroxylation is 1. The van der Waals surface area contributed by atoms with E-state index in [1.807, 2.05) is 6.07 Å². The third-order valence-electron chi connectivity index (χ3n) is 3.80. The number of carbonyl (C=O) groups excluding carboxylic acids is 1. The van der Waals surface area contributed by atoms with E-state index in [0.717, 1.165) is 18.6 Å². The van der Waals surface area contributed by atoms with Crippen LogP contribution in [0.4, 0.5) is 0 Å². The van der Waals surface area contributed by atoms with Crippen molar-refractivity contribution in [3.8, 4) is 5.75 Å². The minimum absolute atomic E-state index is 0.0587. The van der Waals surface area contributed by atoms with E-state index in [0.29, 0.717) is 32.2 Å². The lowest BCUT2D eigenvalue weighted by atomic mass is 10.1. The molecule has 1 atom stereocenters. The summed E-state index contributed by atoms with van der Waals surface area (Å²) in [6.45, 7) is 1.80. The fraction of sp³-hybridized carbons (Fsp3) is 0.562. The molecule has 1 amide bonds. The van der Waals surface area contributed by atoms with Crippen molar-refractivity contribution in [1.82, 2.24) is 10.6 Å². The number of ether oxygens (including phenoxy) is 2. The number of methoxy groups -OCH3 is 2. The summed E-state index contributed by atoms with van der Waals surface area (Å²) < 4.78 is 10.2. The van der Waals surface area contributed by atoms with E-state index >= 15 is 0 Å². The molecule has 116 valence electrons. The fourth-order valence-electron chi connectivity index (χ4n) is 2.66. The van der Waals surface area contributed by atoms with Crippen molar-refractivity contribution >= 4 is 5.91 Å². The van der Waals surface area contributed by atoms with Crippen LogP contribution in [0, 0.1) is 0 Å². The summed E-state index contributed by atoms with van der Waals surface area (Å²) in [6, 6.07) is 6.55. The first-order chi connectivity index (χ1) is 10.2. The molecule has 0 saturated heterocycles. The van der Waals surface area contributed by atoms with Gasteiger partial charge in [-0.15, -0.1) is 0 Å². The summed E-state index contributed by atoms with van der Waals surface area (Å²) in [5, 5.41) is 6.29. The SMILES string of the molecule is COCCNC(=O)CCNC1CCc2ccc(OC)cc21. The maximum Gasteiger partial charge on any atom is 0.221 e. The van der Waals surface area contributed by atoms with Gasteiger partial charge in [-0.05, 0) is 36.1 Å². The van der Waals surface area contributed by atoms with Crippen LogP contribution in [0.2, 0.25) is 0 Å². The number of amides is 1. The lowest BCUT2D eigenvalue weighted by Crippen LogP contribution is -2.31. The topological polar surface area (TPSA) is 59.6 Å². The van der Waals surface area contributed by atoms with Crippen LogP contribution in [0.25, 0.3) is 0 Å². The minimum atomic E-state index is 0.0587. The molecule has 1 aliphatic rings. The van der Waals surface area contributed by atoms with Gasteiger partial charge in [-0.3, -0.25) is 4.79 Å². The maximum atomic E-state index is 11.6. The number of rotatable bonds is 8. The minimum Gasteiger partial charge on any atom is -0.497 e. The van der Waals surface area contributed by atoms with Gasteiger partial charge in [0, 0.05) is 32.7 Å². The van der Waals surface area contributed by atoms with Gasteiger partial charge in [0.15, 0.2) is 0 Å². The van der Waals surface area contributed by atoms with Crippen molar-refractivity contribution in [2.45, 2.75) is 25.3 Å². The molecule has 5 nitrogen and oxygen atoms in total. The summed E-state index contributed by atoms with van der Waals surface area (Å²) in [5.41, 5.74) is 2.67. The molecular formula is C16H24N2O3. The molecule has 1 aromatic rings. The Labute approximate surface area is 126 Å². The summed E-state index contributed by atoms with van der Waals surface area (Å²) in [6.07, 6.45) is 2.64. The van der Waals surface area contributed by atoms with Crippen LogP contribution in [-0.2, 0) is 16.0 Å². The van der Waals surface area contributed by atoms with Gasteiger partial charge in [-0.1, -0.05) is 6.07 Å². The molecule has 0 fully saturated rings. The Kier molecular flexibility index (Phi) is 6.02. The van der Waals surface area contributed by atoms with Crippen molar-refractivity contribution in [3.05, 3.63) is 29.3 Å². The first-order valence-corrected chi connectivity index (χ1v) is 7.40. The first-order valence-electron chi connectivity index (χ1n) is 7.40. The van der Waals surface area contributed by atoms with E-state index in [9.17, 15) is 4.79 Å². The van der Waals surface area contributed by atoms with E-state index in [4.69, 9.17) is 9.47 Å². The number of carbonyl (C=O) groups is 1. The number of benzene rings is 1. The number of hydrogen-bond acceptors (Lipinski definition) is 4. The molecule has 5 heteroatoms. The molecule has 2 rings (SSSR count). The summed E-state index contributed by atoms with van der Waals surface area (Å²) >= 11 is 0. The van der Waals surface area contributed by atoms with Crippen molar-refractivity contribution in [2.75, 3.05) is 33.9 Å². The van der Waals surface area contributed by atoms with Crippen molar-refractivity contribution in [3.63, 3.8) is 0 Å². The normalized spacial score (nSPS) is 16.6. The molecule has 1 aliphatic carbocycles. The highest BCUT2D eigenvalue weighted by atomic mass is 16.5. The molecule has 0 bridgehead atoms. The monoisotopic (exact) mass is 292 g/mol. The lowest BCUT2D eigenvalue weighted by molar-refractivity contribution is -0.121.